The molecule has 0 aromatic heterocycles. The quantitative estimate of drug-likeness (QED) is 0.691. The highest BCUT2D eigenvalue weighted by atomic mass is 32.2. The van der Waals surface area contributed by atoms with Gasteiger partial charge < -0.3 is 4.90 Å². The van der Waals surface area contributed by atoms with E-state index in [1.54, 1.807) is 6.92 Å². The van der Waals surface area contributed by atoms with Gasteiger partial charge in [-0.05, 0) is 39.1 Å². The highest BCUT2D eigenvalue weighted by Gasteiger charge is 2.19. The maximum atomic E-state index is 11.2. The van der Waals surface area contributed by atoms with Crippen LogP contribution in [-0.2, 0) is 10.0 Å². The number of hydrogen-bond donors (Lipinski definition) is 1. The van der Waals surface area contributed by atoms with Crippen LogP contribution < -0.4 is 4.72 Å². The minimum atomic E-state index is -3.01. The van der Waals surface area contributed by atoms with Crippen LogP contribution in [0.1, 0.15) is 19.8 Å². The number of hydrogen-bond acceptors (Lipinski definition) is 4. The van der Waals surface area contributed by atoms with E-state index in [4.69, 9.17) is 0 Å². The zero-order valence-corrected chi connectivity index (χ0v) is 11.7. The maximum Gasteiger partial charge on any atom is 0.211 e. The topological polar surface area (TPSA) is 49.4 Å². The fourth-order valence-corrected chi connectivity index (χ4v) is 3.67. The summed E-state index contributed by atoms with van der Waals surface area (Å²) in [5.74, 6) is 2.65. The Balaban J connectivity index is 2.11. The molecule has 4 nitrogen and oxygen atoms in total. The first-order valence-corrected chi connectivity index (χ1v) is 8.61. The number of nitrogens with one attached hydrogen (secondary N) is 1. The first kappa shape index (κ1) is 14.3. The molecular formula is C10H22N2O2S2. The molecule has 0 aliphatic carbocycles. The summed E-state index contributed by atoms with van der Waals surface area (Å²) in [5.41, 5.74) is 0. The zero-order valence-electron chi connectivity index (χ0n) is 10.1. The number of thioether (sulfide) groups is 1. The molecule has 16 heavy (non-hydrogen) atoms. The average molecular weight is 266 g/mol. The molecule has 1 atom stereocenters. The third-order valence-electron chi connectivity index (χ3n) is 2.92. The summed E-state index contributed by atoms with van der Waals surface area (Å²) in [6.45, 7) is 3.18. The minimum absolute atomic E-state index is 0.169. The Hall–Kier alpha value is 0.220. The molecule has 1 aliphatic heterocycles. The monoisotopic (exact) mass is 266 g/mol. The highest BCUT2D eigenvalue weighted by molar-refractivity contribution is 7.99. The van der Waals surface area contributed by atoms with Gasteiger partial charge in [0.05, 0.1) is 5.75 Å². The second-order valence-electron chi connectivity index (χ2n) is 4.15. The second kappa shape index (κ2) is 6.83. The Morgan fingerprint density at radius 2 is 2.25 bits per heavy atom. The molecule has 1 aliphatic rings. The van der Waals surface area contributed by atoms with E-state index in [1.807, 2.05) is 11.8 Å². The van der Waals surface area contributed by atoms with Gasteiger partial charge in [-0.3, -0.25) is 0 Å². The van der Waals surface area contributed by atoms with Crippen LogP contribution in [0, 0.1) is 0 Å². The first-order chi connectivity index (χ1) is 7.55. The van der Waals surface area contributed by atoms with Gasteiger partial charge in [-0.2, -0.15) is 11.8 Å². The Bertz CT molecular complexity index is 287. The number of rotatable bonds is 7. The zero-order chi connectivity index (χ0) is 12.0. The predicted octanol–water partition coefficient (Wildman–Crippen LogP) is 0.753. The lowest BCUT2D eigenvalue weighted by Gasteiger charge is -2.23. The van der Waals surface area contributed by atoms with Gasteiger partial charge in [-0.25, -0.2) is 13.1 Å². The van der Waals surface area contributed by atoms with Crippen LogP contribution in [0.3, 0.4) is 0 Å². The molecule has 96 valence electrons. The molecule has 6 heteroatoms. The van der Waals surface area contributed by atoms with Gasteiger partial charge in [-0.1, -0.05) is 0 Å². The van der Waals surface area contributed by atoms with Crippen molar-refractivity contribution in [3.05, 3.63) is 0 Å². The van der Waals surface area contributed by atoms with Crippen molar-refractivity contribution in [3.8, 4) is 0 Å². The molecule has 0 spiro atoms. The molecule has 0 amide bonds. The molecule has 1 unspecified atom stereocenters. The number of sulfonamides is 1. The lowest BCUT2D eigenvalue weighted by molar-refractivity contribution is 0.260. The summed E-state index contributed by atoms with van der Waals surface area (Å²) in [5, 5.41) is 0. The lowest BCUT2D eigenvalue weighted by atomic mass is 10.2. The fourth-order valence-electron chi connectivity index (χ4n) is 1.71. The molecule has 1 rings (SSSR count). The van der Waals surface area contributed by atoms with E-state index >= 15 is 0 Å². The van der Waals surface area contributed by atoms with Crippen LogP contribution in [0.4, 0.5) is 0 Å². The van der Waals surface area contributed by atoms with Crippen molar-refractivity contribution in [2.24, 2.45) is 0 Å². The minimum Gasteiger partial charge on any atom is -0.303 e. The Morgan fingerprint density at radius 3 is 2.81 bits per heavy atom. The summed E-state index contributed by atoms with van der Waals surface area (Å²) < 4.78 is 24.9. The summed E-state index contributed by atoms with van der Waals surface area (Å²) in [6, 6.07) is 0.688. The maximum absolute atomic E-state index is 11.2. The van der Waals surface area contributed by atoms with Gasteiger partial charge in [0.1, 0.15) is 0 Å². The predicted molar refractivity (Wildman–Crippen MR) is 70.4 cm³/mol. The molecule has 1 N–H and O–H groups in total. The van der Waals surface area contributed by atoms with E-state index in [9.17, 15) is 8.42 Å². The summed E-state index contributed by atoms with van der Waals surface area (Å²) in [6.07, 6.45) is 2.15. The molecular weight excluding hydrogens is 244 g/mol. The molecule has 0 aromatic rings. The van der Waals surface area contributed by atoms with Crippen molar-refractivity contribution in [3.63, 3.8) is 0 Å². The summed E-state index contributed by atoms with van der Waals surface area (Å²) in [7, 11) is -0.879. The molecule has 0 radical (unpaired) electrons. The summed E-state index contributed by atoms with van der Waals surface area (Å²) in [4.78, 5) is 2.35. The van der Waals surface area contributed by atoms with Crippen molar-refractivity contribution in [1.29, 1.82) is 0 Å². The van der Waals surface area contributed by atoms with E-state index in [-0.39, 0.29) is 5.75 Å². The van der Waals surface area contributed by atoms with Crippen LogP contribution >= 0.6 is 11.8 Å². The molecule has 1 fully saturated rings. The van der Waals surface area contributed by atoms with Crippen LogP contribution in [0.15, 0.2) is 0 Å². The smallest absolute Gasteiger partial charge is 0.211 e. The number of nitrogens with zero attached hydrogens (tertiary/aromatic N) is 1. The molecule has 1 saturated heterocycles. The van der Waals surface area contributed by atoms with E-state index in [0.29, 0.717) is 12.6 Å². The standard InChI is InChI=1S/C10H22N2O2S2/c1-3-16(13,14)11-6-4-7-12(2)10-5-8-15-9-10/h10-11H,3-9H2,1-2H3. The van der Waals surface area contributed by atoms with Gasteiger partial charge in [0.25, 0.3) is 0 Å². The van der Waals surface area contributed by atoms with E-state index in [2.05, 4.69) is 16.7 Å². The normalized spacial score (nSPS) is 21.8. The first-order valence-electron chi connectivity index (χ1n) is 5.80. The molecule has 0 aromatic carbocycles. The summed E-state index contributed by atoms with van der Waals surface area (Å²) >= 11 is 2.00. The SMILES string of the molecule is CCS(=O)(=O)NCCCN(C)C1CCSC1. The second-order valence-corrected chi connectivity index (χ2v) is 7.39. The third-order valence-corrected chi connectivity index (χ3v) is 5.47. The molecule has 1 heterocycles. The van der Waals surface area contributed by atoms with Gasteiger partial charge in [0, 0.05) is 18.3 Å². The van der Waals surface area contributed by atoms with Gasteiger partial charge in [-0.15, -0.1) is 0 Å². The third kappa shape index (κ3) is 5.03. The highest BCUT2D eigenvalue weighted by Crippen LogP contribution is 2.21. The van der Waals surface area contributed by atoms with E-state index < -0.39 is 10.0 Å². The van der Waals surface area contributed by atoms with Gasteiger partial charge in [0.15, 0.2) is 0 Å². The van der Waals surface area contributed by atoms with Crippen molar-refractivity contribution in [1.82, 2.24) is 9.62 Å². The van der Waals surface area contributed by atoms with Crippen molar-refractivity contribution < 1.29 is 8.42 Å². The molecule has 0 saturated carbocycles. The molecule has 0 bridgehead atoms. The lowest BCUT2D eigenvalue weighted by Crippen LogP contribution is -2.34. The fraction of sp³-hybridized carbons (Fsp3) is 1.00. The average Bonchev–Trinajstić information content (AvgIpc) is 2.77. The van der Waals surface area contributed by atoms with Crippen molar-refractivity contribution in [2.45, 2.75) is 25.8 Å². The largest absolute Gasteiger partial charge is 0.303 e. The van der Waals surface area contributed by atoms with Crippen LogP contribution in [0.2, 0.25) is 0 Å². The van der Waals surface area contributed by atoms with E-state index in [1.165, 1.54) is 17.9 Å². The van der Waals surface area contributed by atoms with Gasteiger partial charge >= 0.3 is 0 Å². The van der Waals surface area contributed by atoms with E-state index in [0.717, 1.165) is 13.0 Å². The van der Waals surface area contributed by atoms with Crippen molar-refractivity contribution >= 4 is 21.8 Å². The van der Waals surface area contributed by atoms with Crippen LogP contribution in [0.5, 0.6) is 0 Å². The van der Waals surface area contributed by atoms with Crippen molar-refractivity contribution in [2.75, 3.05) is 37.4 Å². The Morgan fingerprint density at radius 1 is 1.50 bits per heavy atom. The van der Waals surface area contributed by atoms with Crippen LogP contribution in [-0.4, -0.2) is 56.8 Å². The Kier molecular flexibility index (Phi) is 6.10. The Labute approximate surface area is 103 Å². The van der Waals surface area contributed by atoms with Crippen LogP contribution in [0.25, 0.3) is 0 Å². The van der Waals surface area contributed by atoms with Gasteiger partial charge in [0.2, 0.25) is 10.0 Å².